The highest BCUT2D eigenvalue weighted by atomic mass is 79.9. The summed E-state index contributed by atoms with van der Waals surface area (Å²) in [6.07, 6.45) is 5.41. The first kappa shape index (κ1) is 14.3. The number of rotatable bonds is 4. The third kappa shape index (κ3) is 2.37. The molecule has 3 rings (SSSR count). The van der Waals surface area contributed by atoms with E-state index < -0.39 is 0 Å². The normalized spacial score (nSPS) is 29.7. The summed E-state index contributed by atoms with van der Waals surface area (Å²) in [6, 6.07) is 3.62. The van der Waals surface area contributed by atoms with Crippen molar-refractivity contribution in [1.82, 2.24) is 5.32 Å². The molecule has 2 aliphatic carbocycles. The van der Waals surface area contributed by atoms with Crippen molar-refractivity contribution in [2.45, 2.75) is 31.7 Å². The minimum absolute atomic E-state index is 0.259. The topological polar surface area (TPSA) is 21.3 Å². The molecule has 2 nitrogen and oxygen atoms in total. The van der Waals surface area contributed by atoms with Crippen LogP contribution < -0.4 is 10.1 Å². The van der Waals surface area contributed by atoms with E-state index in [1.165, 1.54) is 31.7 Å². The van der Waals surface area contributed by atoms with Gasteiger partial charge in [0.25, 0.3) is 0 Å². The Balaban J connectivity index is 1.91. The van der Waals surface area contributed by atoms with Crippen molar-refractivity contribution in [2.75, 3.05) is 14.2 Å². The highest BCUT2D eigenvalue weighted by Gasteiger charge is 2.54. The molecule has 3 atom stereocenters. The SMILES string of the molecule is CNC(c1cc(Br)c(F)cc1OC)C1C2CCCCC21. The Morgan fingerprint density at radius 1 is 1.30 bits per heavy atom. The Bertz CT molecular complexity index is 495. The Morgan fingerprint density at radius 2 is 1.95 bits per heavy atom. The summed E-state index contributed by atoms with van der Waals surface area (Å²) >= 11 is 3.29. The molecule has 2 fully saturated rings. The van der Waals surface area contributed by atoms with E-state index in [0.29, 0.717) is 16.1 Å². The molecule has 4 heteroatoms. The molecular formula is C16H21BrFNO. The zero-order valence-corrected chi connectivity index (χ0v) is 13.5. The number of ether oxygens (including phenoxy) is 1. The first-order chi connectivity index (χ1) is 9.67. The van der Waals surface area contributed by atoms with Gasteiger partial charge in [0.1, 0.15) is 11.6 Å². The van der Waals surface area contributed by atoms with Gasteiger partial charge in [0.05, 0.1) is 11.6 Å². The second-order valence-electron chi connectivity index (χ2n) is 5.96. The summed E-state index contributed by atoms with van der Waals surface area (Å²) in [4.78, 5) is 0. The number of nitrogens with one attached hydrogen (secondary N) is 1. The molecule has 20 heavy (non-hydrogen) atoms. The third-order valence-electron chi connectivity index (χ3n) is 5.03. The first-order valence-electron chi connectivity index (χ1n) is 7.37. The Labute approximate surface area is 128 Å². The van der Waals surface area contributed by atoms with Crippen LogP contribution in [0, 0.1) is 23.6 Å². The minimum Gasteiger partial charge on any atom is -0.496 e. The largest absolute Gasteiger partial charge is 0.496 e. The van der Waals surface area contributed by atoms with Gasteiger partial charge >= 0.3 is 0 Å². The van der Waals surface area contributed by atoms with E-state index in [1.54, 1.807) is 7.11 Å². The van der Waals surface area contributed by atoms with Crippen molar-refractivity contribution >= 4 is 15.9 Å². The van der Waals surface area contributed by atoms with E-state index in [2.05, 4.69) is 21.2 Å². The predicted molar refractivity (Wildman–Crippen MR) is 81.4 cm³/mol. The van der Waals surface area contributed by atoms with Crippen molar-refractivity contribution in [2.24, 2.45) is 17.8 Å². The van der Waals surface area contributed by atoms with Gasteiger partial charge in [-0.3, -0.25) is 0 Å². The van der Waals surface area contributed by atoms with E-state index in [1.807, 2.05) is 13.1 Å². The molecule has 0 saturated heterocycles. The lowest BCUT2D eigenvalue weighted by atomic mass is 9.99. The van der Waals surface area contributed by atoms with Crippen molar-refractivity contribution in [1.29, 1.82) is 0 Å². The molecule has 3 unspecified atom stereocenters. The fourth-order valence-electron chi connectivity index (χ4n) is 4.06. The predicted octanol–water partition coefficient (Wildman–Crippen LogP) is 4.29. The lowest BCUT2D eigenvalue weighted by Gasteiger charge is -2.20. The van der Waals surface area contributed by atoms with Crippen LogP contribution in [0.15, 0.2) is 16.6 Å². The van der Waals surface area contributed by atoms with Crippen LogP contribution >= 0.6 is 15.9 Å². The van der Waals surface area contributed by atoms with Gasteiger partial charge in [-0.1, -0.05) is 12.8 Å². The quantitative estimate of drug-likeness (QED) is 0.881. The van der Waals surface area contributed by atoms with E-state index in [-0.39, 0.29) is 11.9 Å². The van der Waals surface area contributed by atoms with Crippen molar-refractivity contribution in [3.63, 3.8) is 0 Å². The molecule has 1 N–H and O–H groups in total. The number of benzene rings is 1. The van der Waals surface area contributed by atoms with Crippen LogP contribution in [0.4, 0.5) is 4.39 Å². The molecule has 1 aromatic rings. The summed E-state index contributed by atoms with van der Waals surface area (Å²) in [6.45, 7) is 0. The van der Waals surface area contributed by atoms with Crippen molar-refractivity contribution in [3.8, 4) is 5.75 Å². The molecule has 0 radical (unpaired) electrons. The molecule has 0 spiro atoms. The third-order valence-corrected chi connectivity index (χ3v) is 5.63. The summed E-state index contributed by atoms with van der Waals surface area (Å²) in [5.41, 5.74) is 1.07. The molecule has 0 aromatic heterocycles. The number of halogens is 2. The summed E-state index contributed by atoms with van der Waals surface area (Å²) in [5, 5.41) is 3.43. The van der Waals surface area contributed by atoms with Crippen molar-refractivity contribution < 1.29 is 9.13 Å². The van der Waals surface area contributed by atoms with Crippen LogP contribution in [0.2, 0.25) is 0 Å². The van der Waals surface area contributed by atoms with Gasteiger partial charge in [0.15, 0.2) is 0 Å². The molecule has 2 aliphatic rings. The van der Waals surface area contributed by atoms with Crippen LogP contribution in [0.1, 0.15) is 37.3 Å². The molecule has 0 bridgehead atoms. The van der Waals surface area contributed by atoms with Gasteiger partial charge in [-0.15, -0.1) is 0 Å². The van der Waals surface area contributed by atoms with Crippen molar-refractivity contribution in [3.05, 3.63) is 28.0 Å². The molecule has 110 valence electrons. The van der Waals surface area contributed by atoms with Crippen LogP contribution in [0.5, 0.6) is 5.75 Å². The summed E-state index contributed by atoms with van der Waals surface area (Å²) in [5.74, 6) is 2.74. The zero-order chi connectivity index (χ0) is 14.3. The smallest absolute Gasteiger partial charge is 0.141 e. The van der Waals surface area contributed by atoms with Crippen LogP contribution in [0.25, 0.3) is 0 Å². The average Bonchev–Trinajstić information content (AvgIpc) is 3.18. The fraction of sp³-hybridized carbons (Fsp3) is 0.625. The monoisotopic (exact) mass is 341 g/mol. The molecule has 0 aliphatic heterocycles. The van der Waals surface area contributed by atoms with Gasteiger partial charge in [0.2, 0.25) is 0 Å². The van der Waals surface area contributed by atoms with E-state index >= 15 is 0 Å². The summed E-state index contributed by atoms with van der Waals surface area (Å²) in [7, 11) is 3.60. The maximum Gasteiger partial charge on any atom is 0.141 e. The lowest BCUT2D eigenvalue weighted by molar-refractivity contribution is 0.387. The average molecular weight is 342 g/mol. The van der Waals surface area contributed by atoms with Gasteiger partial charge < -0.3 is 10.1 Å². The Kier molecular flexibility index (Phi) is 4.04. The summed E-state index contributed by atoms with van der Waals surface area (Å²) < 4.78 is 19.6. The van der Waals surface area contributed by atoms with Gasteiger partial charge in [-0.25, -0.2) is 4.39 Å². The van der Waals surface area contributed by atoms with Crippen LogP contribution in [-0.4, -0.2) is 14.2 Å². The van der Waals surface area contributed by atoms with Crippen LogP contribution in [0.3, 0.4) is 0 Å². The molecule has 0 amide bonds. The number of fused-ring (bicyclic) bond motifs is 1. The molecule has 0 heterocycles. The standard InChI is InChI=1S/C16H21BrFNO/c1-19-16(15-9-5-3-4-6-10(9)15)11-7-12(17)13(18)8-14(11)20-2/h7-10,15-16,19H,3-6H2,1-2H3. The van der Waals surface area contributed by atoms with Gasteiger partial charge in [-0.05, 0) is 59.6 Å². The second-order valence-corrected chi connectivity index (χ2v) is 6.82. The maximum absolute atomic E-state index is 13.7. The Morgan fingerprint density at radius 3 is 2.50 bits per heavy atom. The Hall–Kier alpha value is -0.610. The van der Waals surface area contributed by atoms with E-state index in [9.17, 15) is 4.39 Å². The first-order valence-corrected chi connectivity index (χ1v) is 8.17. The van der Waals surface area contributed by atoms with E-state index in [4.69, 9.17) is 4.74 Å². The van der Waals surface area contributed by atoms with E-state index in [0.717, 1.165) is 17.4 Å². The van der Waals surface area contributed by atoms with Gasteiger partial charge in [-0.2, -0.15) is 0 Å². The highest BCUT2D eigenvalue weighted by molar-refractivity contribution is 9.10. The van der Waals surface area contributed by atoms with Crippen LogP contribution in [-0.2, 0) is 0 Å². The number of hydrogen-bond donors (Lipinski definition) is 1. The maximum atomic E-state index is 13.7. The highest BCUT2D eigenvalue weighted by Crippen LogP contribution is 2.61. The number of hydrogen-bond acceptors (Lipinski definition) is 2. The minimum atomic E-state index is -0.270. The molecular weight excluding hydrogens is 321 g/mol. The lowest BCUT2D eigenvalue weighted by Crippen LogP contribution is -2.20. The molecule has 1 aromatic carbocycles. The fourth-order valence-corrected chi connectivity index (χ4v) is 4.42. The number of methoxy groups -OCH3 is 1. The second kappa shape index (κ2) is 5.64. The zero-order valence-electron chi connectivity index (χ0n) is 12.0. The molecule has 2 saturated carbocycles. The van der Waals surface area contributed by atoms with Gasteiger partial charge in [0, 0.05) is 17.7 Å².